The van der Waals surface area contributed by atoms with E-state index in [0.717, 1.165) is 29.6 Å². The van der Waals surface area contributed by atoms with Crippen LogP contribution in [0.2, 0.25) is 0 Å². The topological polar surface area (TPSA) is 61.0 Å². The van der Waals surface area contributed by atoms with Crippen molar-refractivity contribution in [3.05, 3.63) is 11.8 Å². The maximum Gasteiger partial charge on any atom is 0.189 e. The Morgan fingerprint density at radius 3 is 3.06 bits per heavy atom. The molecule has 1 unspecified atom stereocenters. The molecule has 0 aromatic carbocycles. The molecule has 16 heavy (non-hydrogen) atoms. The zero-order valence-corrected chi connectivity index (χ0v) is 10.3. The lowest BCUT2D eigenvalue weighted by molar-refractivity contribution is 0.0315. The van der Waals surface area contributed by atoms with Crippen molar-refractivity contribution in [2.75, 3.05) is 18.1 Å². The van der Waals surface area contributed by atoms with Gasteiger partial charge >= 0.3 is 0 Å². The first-order valence-corrected chi connectivity index (χ1v) is 6.58. The smallest absolute Gasteiger partial charge is 0.189 e. The molecule has 2 N–H and O–H groups in total. The molecule has 1 atom stereocenters. The van der Waals surface area contributed by atoms with Crippen molar-refractivity contribution in [2.24, 2.45) is 0 Å². The first-order valence-electron chi connectivity index (χ1n) is 5.59. The van der Waals surface area contributed by atoms with Gasteiger partial charge in [-0.3, -0.25) is 0 Å². The minimum absolute atomic E-state index is 0.351. The zero-order chi connectivity index (χ0) is 11.4. The molecule has 0 amide bonds. The fraction of sp³-hybridized carbons (Fsp3) is 0.636. The molecule has 88 valence electrons. The summed E-state index contributed by atoms with van der Waals surface area (Å²) in [5.41, 5.74) is 6.59. The molecule has 0 saturated carbocycles. The van der Waals surface area contributed by atoms with Gasteiger partial charge < -0.3 is 10.5 Å². The van der Waals surface area contributed by atoms with Crippen LogP contribution in [0.4, 0.5) is 5.82 Å². The van der Waals surface area contributed by atoms with Gasteiger partial charge in [0.25, 0.3) is 0 Å². The highest BCUT2D eigenvalue weighted by Gasteiger charge is 2.14. The van der Waals surface area contributed by atoms with E-state index < -0.39 is 0 Å². The molecule has 2 rings (SSSR count). The number of nitrogen functional groups attached to an aromatic ring is 1. The largest absolute Gasteiger partial charge is 0.384 e. The molecule has 1 aromatic heterocycles. The maximum absolute atomic E-state index is 5.67. The summed E-state index contributed by atoms with van der Waals surface area (Å²) in [6.07, 6.45) is 3.95. The molecule has 2 heterocycles. The summed E-state index contributed by atoms with van der Waals surface area (Å²) in [6, 6.07) is 1.78. The Kier molecular flexibility index (Phi) is 4.01. The third kappa shape index (κ3) is 3.35. The summed E-state index contributed by atoms with van der Waals surface area (Å²) < 4.78 is 5.65. The maximum atomic E-state index is 5.67. The molecule has 1 aliphatic rings. The van der Waals surface area contributed by atoms with Crippen molar-refractivity contribution < 1.29 is 4.74 Å². The van der Waals surface area contributed by atoms with Crippen LogP contribution in [0.15, 0.2) is 11.2 Å². The van der Waals surface area contributed by atoms with E-state index in [1.165, 1.54) is 12.8 Å². The van der Waals surface area contributed by atoms with Crippen LogP contribution in [-0.2, 0) is 4.74 Å². The van der Waals surface area contributed by atoms with Gasteiger partial charge in [-0.2, -0.15) is 0 Å². The van der Waals surface area contributed by atoms with Crippen LogP contribution in [0.5, 0.6) is 0 Å². The normalized spacial score (nSPS) is 20.9. The molecule has 4 nitrogen and oxygen atoms in total. The highest BCUT2D eigenvalue weighted by molar-refractivity contribution is 7.99. The van der Waals surface area contributed by atoms with E-state index in [4.69, 9.17) is 10.5 Å². The predicted molar refractivity (Wildman–Crippen MR) is 65.5 cm³/mol. The summed E-state index contributed by atoms with van der Waals surface area (Å²) >= 11 is 1.63. The van der Waals surface area contributed by atoms with Gasteiger partial charge in [-0.1, -0.05) is 11.8 Å². The Hall–Kier alpha value is -0.810. The van der Waals surface area contributed by atoms with Crippen LogP contribution in [0.3, 0.4) is 0 Å². The first kappa shape index (κ1) is 11.7. The van der Waals surface area contributed by atoms with Gasteiger partial charge in [0, 0.05) is 24.1 Å². The van der Waals surface area contributed by atoms with E-state index in [-0.39, 0.29) is 0 Å². The number of anilines is 1. The lowest BCUT2D eigenvalue weighted by atomic mass is 10.1. The van der Waals surface area contributed by atoms with Gasteiger partial charge in [0.1, 0.15) is 5.82 Å². The fourth-order valence-corrected chi connectivity index (χ4v) is 2.71. The van der Waals surface area contributed by atoms with E-state index in [1.54, 1.807) is 17.8 Å². The van der Waals surface area contributed by atoms with Gasteiger partial charge in [0.2, 0.25) is 0 Å². The van der Waals surface area contributed by atoms with Crippen LogP contribution in [0.1, 0.15) is 25.0 Å². The second-order valence-corrected chi connectivity index (χ2v) is 5.00. The third-order valence-corrected chi connectivity index (χ3v) is 3.51. The van der Waals surface area contributed by atoms with Crippen LogP contribution >= 0.6 is 11.8 Å². The van der Waals surface area contributed by atoms with Gasteiger partial charge in [0.15, 0.2) is 5.16 Å². The van der Waals surface area contributed by atoms with Gasteiger partial charge in [-0.05, 0) is 26.2 Å². The number of ether oxygens (including phenoxy) is 1. The molecule has 0 radical (unpaired) electrons. The monoisotopic (exact) mass is 239 g/mol. The predicted octanol–water partition coefficient (Wildman–Crippen LogP) is 2.03. The molecule has 1 aliphatic heterocycles. The molecule has 0 spiro atoms. The summed E-state index contributed by atoms with van der Waals surface area (Å²) in [4.78, 5) is 8.53. The van der Waals surface area contributed by atoms with Crippen molar-refractivity contribution in [1.29, 1.82) is 0 Å². The van der Waals surface area contributed by atoms with E-state index in [0.29, 0.717) is 11.9 Å². The van der Waals surface area contributed by atoms with Crippen molar-refractivity contribution in [3.63, 3.8) is 0 Å². The van der Waals surface area contributed by atoms with Crippen LogP contribution in [-0.4, -0.2) is 28.4 Å². The Morgan fingerprint density at radius 2 is 2.38 bits per heavy atom. The number of hydrogen-bond acceptors (Lipinski definition) is 5. The highest BCUT2D eigenvalue weighted by Crippen LogP contribution is 2.21. The Balaban J connectivity index is 1.88. The van der Waals surface area contributed by atoms with Crippen LogP contribution < -0.4 is 5.73 Å². The third-order valence-electron chi connectivity index (χ3n) is 2.53. The molecule has 5 heteroatoms. The van der Waals surface area contributed by atoms with Crippen molar-refractivity contribution >= 4 is 17.6 Å². The quantitative estimate of drug-likeness (QED) is 0.646. The standard InChI is InChI=1S/C11H17N3OS/c1-8-6-10(12)14-11(13-8)16-7-9-4-2-3-5-15-9/h6,9H,2-5,7H2,1H3,(H2,12,13,14). The highest BCUT2D eigenvalue weighted by atomic mass is 32.2. The van der Waals surface area contributed by atoms with E-state index >= 15 is 0 Å². The summed E-state index contributed by atoms with van der Waals surface area (Å²) in [5.74, 6) is 1.46. The molecule has 0 bridgehead atoms. The molecule has 0 aliphatic carbocycles. The molecular formula is C11H17N3OS. The molecule has 1 fully saturated rings. The van der Waals surface area contributed by atoms with Crippen molar-refractivity contribution in [2.45, 2.75) is 37.4 Å². The number of nitrogens with two attached hydrogens (primary N) is 1. The average molecular weight is 239 g/mol. The summed E-state index contributed by atoms with van der Waals surface area (Å²) in [7, 11) is 0. The van der Waals surface area contributed by atoms with E-state index in [9.17, 15) is 0 Å². The van der Waals surface area contributed by atoms with Crippen LogP contribution in [0, 0.1) is 6.92 Å². The second kappa shape index (κ2) is 5.50. The Bertz CT molecular complexity index is 333. The molecule has 1 aromatic rings. The number of aryl methyl sites for hydroxylation is 1. The minimum atomic E-state index is 0.351. The lowest BCUT2D eigenvalue weighted by Crippen LogP contribution is -2.21. The SMILES string of the molecule is Cc1cc(N)nc(SCC2CCCCO2)n1. The van der Waals surface area contributed by atoms with Gasteiger partial charge in [0.05, 0.1) is 6.10 Å². The minimum Gasteiger partial charge on any atom is -0.384 e. The fourth-order valence-electron chi connectivity index (χ4n) is 1.74. The van der Waals surface area contributed by atoms with Crippen molar-refractivity contribution in [3.8, 4) is 0 Å². The zero-order valence-electron chi connectivity index (χ0n) is 9.48. The summed E-state index contributed by atoms with van der Waals surface area (Å²) in [5, 5.41) is 0.756. The second-order valence-electron chi connectivity index (χ2n) is 4.02. The number of aromatic nitrogens is 2. The molecular weight excluding hydrogens is 222 g/mol. The van der Waals surface area contributed by atoms with Crippen molar-refractivity contribution in [1.82, 2.24) is 9.97 Å². The van der Waals surface area contributed by atoms with Gasteiger partial charge in [-0.25, -0.2) is 9.97 Å². The number of nitrogens with zero attached hydrogens (tertiary/aromatic N) is 2. The van der Waals surface area contributed by atoms with Gasteiger partial charge in [-0.15, -0.1) is 0 Å². The Labute approximate surface area is 100.0 Å². The lowest BCUT2D eigenvalue weighted by Gasteiger charge is -2.21. The Morgan fingerprint density at radius 1 is 1.50 bits per heavy atom. The van der Waals surface area contributed by atoms with E-state index in [2.05, 4.69) is 9.97 Å². The number of rotatable bonds is 3. The van der Waals surface area contributed by atoms with E-state index in [1.807, 2.05) is 6.92 Å². The van der Waals surface area contributed by atoms with Crippen LogP contribution in [0.25, 0.3) is 0 Å². The first-order chi connectivity index (χ1) is 7.74. The number of thioether (sulfide) groups is 1. The average Bonchev–Trinajstić information content (AvgIpc) is 2.27. The summed E-state index contributed by atoms with van der Waals surface area (Å²) in [6.45, 7) is 2.82. The number of hydrogen-bond donors (Lipinski definition) is 1. The molecule has 1 saturated heterocycles.